The van der Waals surface area contributed by atoms with E-state index in [1.54, 1.807) is 6.07 Å². The van der Waals surface area contributed by atoms with Crippen LogP contribution in [-0.2, 0) is 6.54 Å². The fourth-order valence-electron chi connectivity index (χ4n) is 3.14. The summed E-state index contributed by atoms with van der Waals surface area (Å²) in [5.74, 6) is 1.33. The van der Waals surface area contributed by atoms with E-state index in [4.69, 9.17) is 4.74 Å². The van der Waals surface area contributed by atoms with Crippen molar-refractivity contribution in [1.29, 1.82) is 0 Å². The molecule has 0 atom stereocenters. The zero-order chi connectivity index (χ0) is 17.2. The number of aliphatic hydroxyl groups is 1. The lowest BCUT2D eigenvalue weighted by molar-refractivity contribution is 0.279. The normalized spacial score (nSPS) is 11.1. The van der Waals surface area contributed by atoms with Crippen molar-refractivity contribution in [2.75, 3.05) is 6.61 Å². The Morgan fingerprint density at radius 1 is 0.800 bits per heavy atom. The number of ether oxygens (including phenoxy) is 1. The molecule has 0 aliphatic heterocycles. The highest BCUT2D eigenvalue weighted by atomic mass is 16.5. The van der Waals surface area contributed by atoms with Gasteiger partial charge in [0.1, 0.15) is 11.5 Å². The minimum Gasteiger partial charge on any atom is -0.457 e. The fraction of sp³-hybridized carbons (Fsp3) is 0.0952. The first-order chi connectivity index (χ1) is 12.3. The Bertz CT molecular complexity index is 1100. The second kappa shape index (κ2) is 6.42. The lowest BCUT2D eigenvalue weighted by Crippen LogP contribution is -2.13. The van der Waals surface area contributed by atoms with Crippen molar-refractivity contribution >= 4 is 21.8 Å². The maximum absolute atomic E-state index is 12.9. The van der Waals surface area contributed by atoms with Crippen molar-refractivity contribution in [1.82, 2.24) is 4.57 Å². The number of nitrogens with zero attached hydrogens (tertiary/aromatic N) is 1. The van der Waals surface area contributed by atoms with E-state index >= 15 is 0 Å². The van der Waals surface area contributed by atoms with Gasteiger partial charge in [-0.1, -0.05) is 30.3 Å². The molecular weight excluding hydrogens is 314 g/mol. The van der Waals surface area contributed by atoms with Gasteiger partial charge in [-0.25, -0.2) is 0 Å². The molecule has 0 amide bonds. The lowest BCUT2D eigenvalue weighted by Gasteiger charge is -2.15. The van der Waals surface area contributed by atoms with Crippen LogP contribution in [0.15, 0.2) is 77.6 Å². The molecule has 0 fully saturated rings. The number of hydrogen-bond donors (Lipinski definition) is 1. The summed E-state index contributed by atoms with van der Waals surface area (Å²) in [6.45, 7) is 0.431. The second-order valence-corrected chi connectivity index (χ2v) is 5.82. The summed E-state index contributed by atoms with van der Waals surface area (Å²) in [7, 11) is 0. The van der Waals surface area contributed by atoms with E-state index in [0.717, 1.165) is 16.8 Å². The van der Waals surface area contributed by atoms with Crippen LogP contribution in [0.1, 0.15) is 0 Å². The number of pyridine rings is 1. The van der Waals surface area contributed by atoms with Gasteiger partial charge in [-0.2, -0.15) is 0 Å². The summed E-state index contributed by atoms with van der Waals surface area (Å²) in [5, 5.41) is 10.7. The predicted octanol–water partition coefficient (Wildman–Crippen LogP) is 3.94. The number of fused-ring (bicyclic) bond motifs is 2. The highest BCUT2D eigenvalue weighted by Crippen LogP contribution is 2.26. The number of para-hydroxylation sites is 2. The molecule has 4 nitrogen and oxygen atoms in total. The van der Waals surface area contributed by atoms with Crippen LogP contribution in [0.3, 0.4) is 0 Å². The average Bonchev–Trinajstić information content (AvgIpc) is 2.66. The summed E-state index contributed by atoms with van der Waals surface area (Å²) in [6, 6.07) is 22.4. The highest BCUT2D eigenvalue weighted by molar-refractivity contribution is 5.94. The van der Waals surface area contributed by atoms with Crippen LogP contribution in [0.2, 0.25) is 0 Å². The van der Waals surface area contributed by atoms with Crippen molar-refractivity contribution in [3.8, 4) is 11.5 Å². The molecule has 0 aliphatic rings. The average molecular weight is 331 g/mol. The maximum Gasteiger partial charge on any atom is 0.197 e. The molecule has 25 heavy (non-hydrogen) atoms. The van der Waals surface area contributed by atoms with E-state index in [1.165, 1.54) is 0 Å². The van der Waals surface area contributed by atoms with Crippen molar-refractivity contribution in [3.05, 3.63) is 83.0 Å². The van der Waals surface area contributed by atoms with E-state index in [9.17, 15) is 9.90 Å². The van der Waals surface area contributed by atoms with Crippen LogP contribution in [0.5, 0.6) is 11.5 Å². The lowest BCUT2D eigenvalue weighted by atomic mass is 10.1. The van der Waals surface area contributed by atoms with Gasteiger partial charge in [0.2, 0.25) is 0 Å². The zero-order valence-electron chi connectivity index (χ0n) is 13.6. The van der Waals surface area contributed by atoms with Gasteiger partial charge in [-0.05, 0) is 42.5 Å². The van der Waals surface area contributed by atoms with Gasteiger partial charge in [0.05, 0.1) is 17.6 Å². The Morgan fingerprint density at radius 3 is 2.32 bits per heavy atom. The minimum atomic E-state index is -0.0294. The van der Waals surface area contributed by atoms with Gasteiger partial charge in [-0.3, -0.25) is 4.79 Å². The van der Waals surface area contributed by atoms with E-state index in [2.05, 4.69) is 0 Å². The van der Waals surface area contributed by atoms with Gasteiger partial charge in [0.25, 0.3) is 0 Å². The Kier molecular flexibility index (Phi) is 3.96. The van der Waals surface area contributed by atoms with Crippen LogP contribution < -0.4 is 10.2 Å². The first-order valence-corrected chi connectivity index (χ1v) is 8.17. The van der Waals surface area contributed by atoms with Crippen LogP contribution in [0.25, 0.3) is 21.8 Å². The molecule has 3 aromatic carbocycles. The van der Waals surface area contributed by atoms with Gasteiger partial charge < -0.3 is 14.4 Å². The standard InChI is InChI=1S/C21H17NO3/c23-13-12-22-19-9-5-4-8-17(19)21(24)18-14-16(10-11-20(18)22)25-15-6-2-1-3-7-15/h1-11,14,23H,12-13H2. The second-order valence-electron chi connectivity index (χ2n) is 5.82. The summed E-state index contributed by atoms with van der Waals surface area (Å²) < 4.78 is 7.83. The molecule has 0 bridgehead atoms. The van der Waals surface area contributed by atoms with E-state index in [1.807, 2.05) is 71.3 Å². The number of hydrogen-bond acceptors (Lipinski definition) is 3. The molecule has 0 saturated heterocycles. The van der Waals surface area contributed by atoms with Gasteiger partial charge in [-0.15, -0.1) is 0 Å². The highest BCUT2D eigenvalue weighted by Gasteiger charge is 2.11. The first kappa shape index (κ1) is 15.4. The van der Waals surface area contributed by atoms with Crippen molar-refractivity contribution in [3.63, 3.8) is 0 Å². The third kappa shape index (κ3) is 2.77. The molecule has 0 radical (unpaired) electrons. The number of aromatic nitrogens is 1. The van der Waals surface area contributed by atoms with Crippen LogP contribution in [0, 0.1) is 0 Å². The Morgan fingerprint density at radius 2 is 1.52 bits per heavy atom. The molecule has 124 valence electrons. The van der Waals surface area contributed by atoms with E-state index in [-0.39, 0.29) is 12.0 Å². The maximum atomic E-state index is 12.9. The molecule has 4 rings (SSSR count). The molecule has 4 heteroatoms. The summed E-state index contributed by atoms with van der Waals surface area (Å²) in [6.07, 6.45) is 0. The predicted molar refractivity (Wildman–Crippen MR) is 99.3 cm³/mol. The smallest absolute Gasteiger partial charge is 0.197 e. The number of rotatable bonds is 4. The molecule has 0 aliphatic carbocycles. The van der Waals surface area contributed by atoms with E-state index in [0.29, 0.717) is 23.1 Å². The molecule has 0 unspecified atom stereocenters. The summed E-state index contributed by atoms with van der Waals surface area (Å²) in [5.41, 5.74) is 1.59. The molecular formula is C21H17NO3. The third-order valence-corrected chi connectivity index (χ3v) is 4.25. The third-order valence-electron chi connectivity index (χ3n) is 4.25. The van der Waals surface area contributed by atoms with Gasteiger partial charge >= 0.3 is 0 Å². The summed E-state index contributed by atoms with van der Waals surface area (Å²) >= 11 is 0. The van der Waals surface area contributed by atoms with E-state index < -0.39 is 0 Å². The Hall–Kier alpha value is -3.11. The van der Waals surface area contributed by atoms with Crippen molar-refractivity contribution in [2.24, 2.45) is 0 Å². The SMILES string of the molecule is O=c1c2ccccc2n(CCO)c2ccc(Oc3ccccc3)cc12. The molecule has 0 spiro atoms. The Balaban J connectivity index is 1.94. The molecule has 1 aromatic heterocycles. The quantitative estimate of drug-likeness (QED) is 0.576. The minimum absolute atomic E-state index is 0.00420. The molecule has 0 saturated carbocycles. The largest absolute Gasteiger partial charge is 0.457 e. The monoisotopic (exact) mass is 331 g/mol. The van der Waals surface area contributed by atoms with Crippen LogP contribution in [0.4, 0.5) is 0 Å². The first-order valence-electron chi connectivity index (χ1n) is 8.17. The molecule has 1 N–H and O–H groups in total. The zero-order valence-corrected chi connectivity index (χ0v) is 13.6. The van der Waals surface area contributed by atoms with Gasteiger partial charge in [0.15, 0.2) is 5.43 Å². The Labute approximate surface area is 144 Å². The van der Waals surface area contributed by atoms with Crippen molar-refractivity contribution in [2.45, 2.75) is 6.54 Å². The van der Waals surface area contributed by atoms with Crippen LogP contribution >= 0.6 is 0 Å². The molecule has 4 aromatic rings. The topological polar surface area (TPSA) is 51.5 Å². The van der Waals surface area contributed by atoms with Crippen LogP contribution in [-0.4, -0.2) is 16.3 Å². The van der Waals surface area contributed by atoms with Gasteiger partial charge in [0, 0.05) is 17.3 Å². The molecule has 1 heterocycles. The summed E-state index contributed by atoms with van der Waals surface area (Å²) in [4.78, 5) is 12.9. The number of aliphatic hydroxyl groups excluding tert-OH is 1. The number of benzene rings is 3. The fourth-order valence-corrected chi connectivity index (χ4v) is 3.14. The van der Waals surface area contributed by atoms with Crippen molar-refractivity contribution < 1.29 is 9.84 Å².